The zero-order chi connectivity index (χ0) is 9.26. The van der Waals surface area contributed by atoms with Crippen molar-refractivity contribution in [1.82, 2.24) is 4.98 Å². The van der Waals surface area contributed by atoms with E-state index in [1.165, 1.54) is 24.2 Å². The largest absolute Gasteiger partial charge is 0.409 e. The third-order valence-corrected chi connectivity index (χ3v) is 2.55. The zero-order valence-corrected chi connectivity index (χ0v) is 7.71. The summed E-state index contributed by atoms with van der Waals surface area (Å²) in [6.45, 7) is 0. The molecule has 70 valence electrons. The summed E-state index contributed by atoms with van der Waals surface area (Å²) in [7, 11) is 0. The molecular weight excluding hydrogens is 188 g/mol. The quantitative estimate of drug-likeness (QED) is 0.290. The van der Waals surface area contributed by atoms with Gasteiger partial charge in [-0.25, -0.2) is 4.98 Å². The van der Waals surface area contributed by atoms with E-state index in [0.717, 1.165) is 5.13 Å². The van der Waals surface area contributed by atoms with Gasteiger partial charge in [-0.05, 0) is 12.8 Å². The summed E-state index contributed by atoms with van der Waals surface area (Å²) >= 11 is 1.47. The smallest absolute Gasteiger partial charge is 0.189 e. The molecule has 5 nitrogen and oxygen atoms in total. The Morgan fingerprint density at radius 1 is 1.77 bits per heavy atom. The van der Waals surface area contributed by atoms with Crippen molar-refractivity contribution in [3.8, 4) is 0 Å². The lowest BCUT2D eigenvalue weighted by Crippen LogP contribution is -2.13. The normalized spacial score (nSPS) is 17.4. The molecule has 4 N–H and O–H groups in total. The van der Waals surface area contributed by atoms with Gasteiger partial charge in [0.05, 0.1) is 0 Å². The van der Waals surface area contributed by atoms with E-state index in [2.05, 4.69) is 15.5 Å². The van der Waals surface area contributed by atoms with Crippen molar-refractivity contribution in [1.29, 1.82) is 0 Å². The number of thiazole rings is 1. The van der Waals surface area contributed by atoms with Crippen LogP contribution in [0.1, 0.15) is 18.5 Å². The second-order valence-corrected chi connectivity index (χ2v) is 3.80. The van der Waals surface area contributed by atoms with E-state index in [0.29, 0.717) is 11.7 Å². The summed E-state index contributed by atoms with van der Waals surface area (Å²) in [6.07, 6.45) is 2.41. The monoisotopic (exact) mass is 198 g/mol. The molecular formula is C7H10N4OS. The van der Waals surface area contributed by atoms with Crippen LogP contribution in [0.2, 0.25) is 0 Å². The number of nitrogens with one attached hydrogen (secondary N) is 1. The predicted molar refractivity (Wildman–Crippen MR) is 51.3 cm³/mol. The highest BCUT2D eigenvalue weighted by Crippen LogP contribution is 2.26. The Bertz CT molecular complexity index is 331. The van der Waals surface area contributed by atoms with Crippen molar-refractivity contribution in [2.75, 3.05) is 5.32 Å². The van der Waals surface area contributed by atoms with Crippen LogP contribution < -0.4 is 11.1 Å². The van der Waals surface area contributed by atoms with Crippen molar-refractivity contribution >= 4 is 22.3 Å². The van der Waals surface area contributed by atoms with Crippen LogP contribution in [0.4, 0.5) is 5.13 Å². The Balaban J connectivity index is 2.07. The number of oxime groups is 1. The second kappa shape index (κ2) is 3.21. The highest BCUT2D eigenvalue weighted by molar-refractivity contribution is 7.13. The van der Waals surface area contributed by atoms with Crippen LogP contribution >= 0.6 is 11.3 Å². The molecule has 0 bridgehead atoms. The van der Waals surface area contributed by atoms with E-state index in [1.54, 1.807) is 5.38 Å². The molecule has 6 heteroatoms. The average Bonchev–Trinajstić information content (AvgIpc) is 2.81. The summed E-state index contributed by atoms with van der Waals surface area (Å²) in [5, 5.41) is 17.1. The van der Waals surface area contributed by atoms with Gasteiger partial charge in [0, 0.05) is 11.4 Å². The molecule has 0 atom stereocenters. The van der Waals surface area contributed by atoms with E-state index >= 15 is 0 Å². The Labute approximate surface area is 79.3 Å². The molecule has 1 aliphatic carbocycles. The lowest BCUT2D eigenvalue weighted by molar-refractivity contribution is 0.318. The molecule has 0 aromatic carbocycles. The fraction of sp³-hybridized carbons (Fsp3) is 0.429. The summed E-state index contributed by atoms with van der Waals surface area (Å²) in [5.41, 5.74) is 5.89. The van der Waals surface area contributed by atoms with Crippen LogP contribution in [0.15, 0.2) is 10.5 Å². The summed E-state index contributed by atoms with van der Waals surface area (Å²) < 4.78 is 0. The molecule has 1 aliphatic rings. The van der Waals surface area contributed by atoms with Crippen LogP contribution in [-0.2, 0) is 0 Å². The number of amidine groups is 1. The van der Waals surface area contributed by atoms with Gasteiger partial charge in [0.1, 0.15) is 5.69 Å². The molecule has 0 amide bonds. The van der Waals surface area contributed by atoms with Gasteiger partial charge in [0.25, 0.3) is 0 Å². The number of rotatable bonds is 3. The van der Waals surface area contributed by atoms with Crippen LogP contribution in [-0.4, -0.2) is 22.1 Å². The minimum atomic E-state index is 0.0556. The number of anilines is 1. The first-order valence-electron chi connectivity index (χ1n) is 3.99. The van der Waals surface area contributed by atoms with Crippen LogP contribution in [0.3, 0.4) is 0 Å². The number of nitrogens with zero attached hydrogens (tertiary/aromatic N) is 2. The van der Waals surface area contributed by atoms with Gasteiger partial charge < -0.3 is 16.3 Å². The molecule has 1 aromatic heterocycles. The summed E-state index contributed by atoms with van der Waals surface area (Å²) in [5.74, 6) is 0.0556. The van der Waals surface area contributed by atoms with Crippen molar-refractivity contribution in [2.24, 2.45) is 10.9 Å². The van der Waals surface area contributed by atoms with Crippen molar-refractivity contribution in [3.63, 3.8) is 0 Å². The molecule has 2 rings (SSSR count). The number of nitrogens with two attached hydrogens (primary N) is 1. The second-order valence-electron chi connectivity index (χ2n) is 2.94. The molecule has 0 aliphatic heterocycles. The number of aromatic nitrogens is 1. The van der Waals surface area contributed by atoms with E-state index < -0.39 is 0 Å². The number of hydrogen-bond acceptors (Lipinski definition) is 5. The van der Waals surface area contributed by atoms with Gasteiger partial charge in [-0.15, -0.1) is 11.3 Å². The Hall–Kier alpha value is -1.30. The third kappa shape index (κ3) is 1.89. The fourth-order valence-corrected chi connectivity index (χ4v) is 1.69. The standard InChI is InChI=1S/C7H10N4OS/c8-6(11-12)5-3-13-7(10-5)9-4-1-2-4/h3-4,12H,1-2H2,(H2,8,11)(H,9,10). The third-order valence-electron chi connectivity index (χ3n) is 1.78. The highest BCUT2D eigenvalue weighted by atomic mass is 32.1. The van der Waals surface area contributed by atoms with Crippen LogP contribution in [0.5, 0.6) is 0 Å². The van der Waals surface area contributed by atoms with Crippen molar-refractivity contribution in [2.45, 2.75) is 18.9 Å². The van der Waals surface area contributed by atoms with Gasteiger partial charge in [0.2, 0.25) is 0 Å². The lowest BCUT2D eigenvalue weighted by atomic mass is 10.5. The zero-order valence-electron chi connectivity index (χ0n) is 6.90. The Morgan fingerprint density at radius 2 is 2.54 bits per heavy atom. The lowest BCUT2D eigenvalue weighted by Gasteiger charge is -1.95. The summed E-state index contributed by atoms with van der Waals surface area (Å²) in [4.78, 5) is 4.15. The maximum atomic E-state index is 8.40. The minimum Gasteiger partial charge on any atom is -0.409 e. The van der Waals surface area contributed by atoms with Gasteiger partial charge in [0.15, 0.2) is 11.0 Å². The van der Waals surface area contributed by atoms with E-state index in [-0.39, 0.29) is 5.84 Å². The average molecular weight is 198 g/mol. The van der Waals surface area contributed by atoms with Crippen LogP contribution in [0, 0.1) is 0 Å². The molecule has 0 unspecified atom stereocenters. The molecule has 1 heterocycles. The fourth-order valence-electron chi connectivity index (χ4n) is 0.911. The van der Waals surface area contributed by atoms with Gasteiger partial charge in [-0.1, -0.05) is 5.16 Å². The Morgan fingerprint density at radius 3 is 3.15 bits per heavy atom. The molecule has 0 radical (unpaired) electrons. The maximum absolute atomic E-state index is 8.40. The van der Waals surface area contributed by atoms with Gasteiger partial charge >= 0.3 is 0 Å². The molecule has 1 fully saturated rings. The topological polar surface area (TPSA) is 83.5 Å². The minimum absolute atomic E-state index is 0.0556. The molecule has 0 saturated heterocycles. The van der Waals surface area contributed by atoms with E-state index in [4.69, 9.17) is 10.9 Å². The first-order valence-corrected chi connectivity index (χ1v) is 4.87. The molecule has 0 spiro atoms. The van der Waals surface area contributed by atoms with Crippen molar-refractivity contribution < 1.29 is 5.21 Å². The van der Waals surface area contributed by atoms with E-state index in [9.17, 15) is 0 Å². The first kappa shape index (κ1) is 8.31. The van der Waals surface area contributed by atoms with Crippen molar-refractivity contribution in [3.05, 3.63) is 11.1 Å². The maximum Gasteiger partial charge on any atom is 0.189 e. The summed E-state index contributed by atoms with van der Waals surface area (Å²) in [6, 6.07) is 0.575. The Kier molecular flexibility index (Phi) is 2.05. The molecule has 1 saturated carbocycles. The van der Waals surface area contributed by atoms with E-state index in [1.807, 2.05) is 0 Å². The molecule has 13 heavy (non-hydrogen) atoms. The van der Waals surface area contributed by atoms with Gasteiger partial charge in [-0.2, -0.15) is 0 Å². The SMILES string of the molecule is N/C(=N/O)c1csc(NC2CC2)n1. The predicted octanol–water partition coefficient (Wildman–Crippen LogP) is 0.812. The number of hydrogen-bond donors (Lipinski definition) is 3. The molecule has 1 aromatic rings. The van der Waals surface area contributed by atoms with Gasteiger partial charge in [-0.3, -0.25) is 0 Å². The van der Waals surface area contributed by atoms with Crippen LogP contribution in [0.25, 0.3) is 0 Å². The first-order chi connectivity index (χ1) is 6.29. The highest BCUT2D eigenvalue weighted by Gasteiger charge is 2.22.